The lowest BCUT2D eigenvalue weighted by molar-refractivity contribution is -0.384. The molecule has 0 atom stereocenters. The van der Waals surface area contributed by atoms with Crippen molar-refractivity contribution in [2.24, 2.45) is 0 Å². The molecule has 0 unspecified atom stereocenters. The molecule has 0 bridgehead atoms. The average molecular weight is 496 g/mol. The maximum absolute atomic E-state index is 12.9. The number of non-ortho nitro benzene ring substituents is 1. The summed E-state index contributed by atoms with van der Waals surface area (Å²) in [4.78, 5) is 22.7. The van der Waals surface area contributed by atoms with E-state index in [0.29, 0.717) is 21.5 Å². The predicted octanol–water partition coefficient (Wildman–Crippen LogP) is 5.62. The van der Waals surface area contributed by atoms with Gasteiger partial charge in [-0.1, -0.05) is 24.3 Å². The number of rotatable bonds is 7. The molecule has 160 valence electrons. The van der Waals surface area contributed by atoms with Gasteiger partial charge >= 0.3 is 0 Å². The van der Waals surface area contributed by atoms with Gasteiger partial charge in [-0.2, -0.15) is 5.26 Å². The zero-order chi connectivity index (χ0) is 23.1. The van der Waals surface area contributed by atoms with Crippen LogP contribution in [0.25, 0.3) is 6.08 Å². The molecule has 0 aliphatic rings. The first-order valence-corrected chi connectivity index (χ1v) is 9.99. The second-order valence-corrected chi connectivity index (χ2v) is 7.38. The number of halogens is 2. The highest BCUT2D eigenvalue weighted by Gasteiger charge is 2.14. The number of hydrogen-bond acceptors (Lipinski definition) is 5. The molecule has 0 aliphatic carbocycles. The Morgan fingerprint density at radius 3 is 2.44 bits per heavy atom. The van der Waals surface area contributed by atoms with E-state index >= 15 is 0 Å². The zero-order valence-corrected chi connectivity index (χ0v) is 18.0. The van der Waals surface area contributed by atoms with Crippen LogP contribution in [0.3, 0.4) is 0 Å². The highest BCUT2D eigenvalue weighted by atomic mass is 79.9. The molecule has 0 spiro atoms. The van der Waals surface area contributed by atoms with Crippen LogP contribution in [-0.2, 0) is 11.4 Å². The number of nitrogens with zero attached hydrogens (tertiary/aromatic N) is 2. The van der Waals surface area contributed by atoms with Crippen LogP contribution in [-0.4, -0.2) is 10.8 Å². The summed E-state index contributed by atoms with van der Waals surface area (Å²) in [5.74, 6) is -0.397. The van der Waals surface area contributed by atoms with E-state index in [2.05, 4.69) is 21.2 Å². The average Bonchev–Trinajstić information content (AvgIpc) is 2.79. The number of ether oxygens (including phenoxy) is 1. The summed E-state index contributed by atoms with van der Waals surface area (Å²) in [6.45, 7) is 0.269. The molecule has 32 heavy (non-hydrogen) atoms. The first-order valence-electron chi connectivity index (χ1n) is 9.20. The summed E-state index contributed by atoms with van der Waals surface area (Å²) in [5.41, 5.74) is 1.44. The summed E-state index contributed by atoms with van der Waals surface area (Å²) in [5, 5.41) is 22.7. The lowest BCUT2D eigenvalue weighted by atomic mass is 10.1. The lowest BCUT2D eigenvalue weighted by Gasteiger charge is -2.08. The Labute approximate surface area is 191 Å². The van der Waals surface area contributed by atoms with E-state index in [9.17, 15) is 24.6 Å². The fourth-order valence-electron chi connectivity index (χ4n) is 2.63. The molecule has 3 aromatic carbocycles. The molecule has 0 saturated heterocycles. The third kappa shape index (κ3) is 6.00. The second kappa shape index (κ2) is 10.3. The molecular weight excluding hydrogens is 481 g/mol. The normalized spacial score (nSPS) is 10.8. The van der Waals surface area contributed by atoms with Crippen LogP contribution in [0.4, 0.5) is 15.8 Å². The number of nitriles is 1. The summed E-state index contributed by atoms with van der Waals surface area (Å²) >= 11 is 3.17. The van der Waals surface area contributed by atoms with Crippen molar-refractivity contribution in [1.82, 2.24) is 0 Å². The number of nitro benzene ring substituents is 1. The maximum atomic E-state index is 12.9. The van der Waals surface area contributed by atoms with Gasteiger partial charge < -0.3 is 10.1 Å². The van der Waals surface area contributed by atoms with Gasteiger partial charge in [-0.3, -0.25) is 14.9 Å². The second-order valence-electron chi connectivity index (χ2n) is 6.53. The summed E-state index contributed by atoms with van der Waals surface area (Å²) in [6, 6.07) is 18.5. The summed E-state index contributed by atoms with van der Waals surface area (Å²) in [7, 11) is 0. The van der Waals surface area contributed by atoms with Crippen molar-refractivity contribution in [1.29, 1.82) is 5.26 Å². The molecule has 0 aromatic heterocycles. The van der Waals surface area contributed by atoms with Gasteiger partial charge in [0.25, 0.3) is 11.6 Å². The van der Waals surface area contributed by atoms with E-state index in [4.69, 9.17) is 4.74 Å². The molecule has 3 aromatic rings. The molecule has 3 rings (SSSR count). The van der Waals surface area contributed by atoms with Gasteiger partial charge in [0.1, 0.15) is 29.8 Å². The molecule has 9 heteroatoms. The first kappa shape index (κ1) is 22.7. The summed E-state index contributed by atoms with van der Waals surface area (Å²) < 4.78 is 18.9. The minimum absolute atomic E-state index is 0.132. The van der Waals surface area contributed by atoms with Gasteiger partial charge in [0.15, 0.2) is 0 Å². The number of nitro groups is 1. The highest BCUT2D eigenvalue weighted by Crippen LogP contribution is 2.27. The first-order chi connectivity index (χ1) is 15.4. The van der Waals surface area contributed by atoms with E-state index in [0.717, 1.165) is 5.56 Å². The molecular formula is C23H15BrFN3O4. The summed E-state index contributed by atoms with van der Waals surface area (Å²) in [6.07, 6.45) is 1.42. The Balaban J connectivity index is 1.66. The smallest absolute Gasteiger partial charge is 0.270 e. The van der Waals surface area contributed by atoms with Gasteiger partial charge in [0, 0.05) is 16.6 Å². The number of carbonyl (C=O) groups is 1. The van der Waals surface area contributed by atoms with E-state index in [-0.39, 0.29) is 23.7 Å². The van der Waals surface area contributed by atoms with Crippen molar-refractivity contribution >= 4 is 39.3 Å². The third-order valence-corrected chi connectivity index (χ3v) is 4.94. The van der Waals surface area contributed by atoms with Gasteiger partial charge in [-0.05, 0) is 63.5 Å². The van der Waals surface area contributed by atoms with E-state index in [1.54, 1.807) is 36.4 Å². The zero-order valence-electron chi connectivity index (χ0n) is 16.4. The SMILES string of the molecule is N#C/C(=C\c1ccc(OCc2ccc(F)cc2)cc1)C(=O)Nc1ccc([N+](=O)[O-])cc1Br. The molecule has 0 heterocycles. The van der Waals surface area contributed by atoms with E-state index in [1.165, 1.54) is 36.4 Å². The fourth-order valence-corrected chi connectivity index (χ4v) is 3.10. The third-order valence-electron chi connectivity index (χ3n) is 4.29. The number of nitrogens with one attached hydrogen (secondary N) is 1. The fraction of sp³-hybridized carbons (Fsp3) is 0.0435. The number of amides is 1. The standard InChI is InChI=1S/C23H15BrFN3O4/c24-21-12-19(28(30)31)7-10-22(21)27-23(29)17(13-26)11-15-3-8-20(9-4-15)32-14-16-1-5-18(25)6-2-16/h1-12H,14H2,(H,27,29)/b17-11+. The molecule has 0 saturated carbocycles. The van der Waals surface area contributed by atoms with Crippen LogP contribution in [0.5, 0.6) is 5.75 Å². The van der Waals surface area contributed by atoms with Crippen molar-refractivity contribution in [2.75, 3.05) is 5.32 Å². The maximum Gasteiger partial charge on any atom is 0.270 e. The van der Waals surface area contributed by atoms with Gasteiger partial charge in [-0.15, -0.1) is 0 Å². The molecule has 0 aliphatic heterocycles. The van der Waals surface area contributed by atoms with Crippen molar-refractivity contribution in [2.45, 2.75) is 6.61 Å². The largest absolute Gasteiger partial charge is 0.489 e. The minimum atomic E-state index is -0.654. The van der Waals surface area contributed by atoms with Gasteiger partial charge in [-0.25, -0.2) is 4.39 Å². The van der Waals surface area contributed by atoms with Crippen molar-refractivity contribution in [3.8, 4) is 11.8 Å². The Kier molecular flexibility index (Phi) is 7.31. The monoisotopic (exact) mass is 495 g/mol. The Hall–Kier alpha value is -4.03. The van der Waals surface area contributed by atoms with Gasteiger partial charge in [0.2, 0.25) is 0 Å². The van der Waals surface area contributed by atoms with E-state index in [1.807, 2.05) is 6.07 Å². The Morgan fingerprint density at radius 1 is 1.16 bits per heavy atom. The molecule has 0 radical (unpaired) electrons. The van der Waals surface area contributed by atoms with Crippen LogP contribution in [0.15, 0.2) is 76.8 Å². The van der Waals surface area contributed by atoms with Crippen molar-refractivity contribution in [3.63, 3.8) is 0 Å². The van der Waals surface area contributed by atoms with Crippen LogP contribution < -0.4 is 10.1 Å². The minimum Gasteiger partial charge on any atom is -0.489 e. The van der Waals surface area contributed by atoms with Crippen LogP contribution in [0.2, 0.25) is 0 Å². The number of hydrogen-bond donors (Lipinski definition) is 1. The molecule has 1 N–H and O–H groups in total. The number of benzene rings is 3. The Bertz CT molecular complexity index is 1220. The highest BCUT2D eigenvalue weighted by molar-refractivity contribution is 9.10. The van der Waals surface area contributed by atoms with Crippen LogP contribution in [0, 0.1) is 27.3 Å². The van der Waals surface area contributed by atoms with Crippen molar-refractivity contribution in [3.05, 3.63) is 104 Å². The Morgan fingerprint density at radius 2 is 1.84 bits per heavy atom. The van der Waals surface area contributed by atoms with Crippen LogP contribution >= 0.6 is 15.9 Å². The van der Waals surface area contributed by atoms with E-state index < -0.39 is 10.8 Å². The van der Waals surface area contributed by atoms with Crippen LogP contribution in [0.1, 0.15) is 11.1 Å². The number of anilines is 1. The molecule has 0 fully saturated rings. The topological polar surface area (TPSA) is 105 Å². The van der Waals surface area contributed by atoms with Gasteiger partial charge in [0.05, 0.1) is 10.6 Å². The molecule has 1 amide bonds. The lowest BCUT2D eigenvalue weighted by Crippen LogP contribution is -2.13. The van der Waals surface area contributed by atoms with Crippen molar-refractivity contribution < 1.29 is 18.8 Å². The molecule has 7 nitrogen and oxygen atoms in total. The number of carbonyl (C=O) groups excluding carboxylic acids is 1. The quantitative estimate of drug-likeness (QED) is 0.198. The predicted molar refractivity (Wildman–Crippen MR) is 120 cm³/mol.